The standard InChI is InChI=1S/C24H20ClN3O5/c1-15(27-28-23(30)22(29)26-21-9-4-3-8-20(21)25)16-10-12-18(13-11-16)33-24(31)17-6-5-7-19(14-17)32-2/h3-14H,1-2H3,(H,26,29)(H,28,30). The molecule has 2 N–H and O–H groups in total. The first-order valence-electron chi connectivity index (χ1n) is 9.74. The number of para-hydroxylation sites is 1. The van der Waals surface area contributed by atoms with Crippen LogP contribution in [0.25, 0.3) is 0 Å². The van der Waals surface area contributed by atoms with Gasteiger partial charge in [0.25, 0.3) is 0 Å². The molecule has 9 heteroatoms. The van der Waals surface area contributed by atoms with E-state index in [0.717, 1.165) is 0 Å². The lowest BCUT2D eigenvalue weighted by molar-refractivity contribution is -0.136. The number of rotatable bonds is 6. The van der Waals surface area contributed by atoms with Gasteiger partial charge in [-0.05, 0) is 67.1 Å². The summed E-state index contributed by atoms with van der Waals surface area (Å²) >= 11 is 5.96. The fraction of sp³-hybridized carbons (Fsp3) is 0.0833. The molecular weight excluding hydrogens is 446 g/mol. The summed E-state index contributed by atoms with van der Waals surface area (Å²) < 4.78 is 10.5. The summed E-state index contributed by atoms with van der Waals surface area (Å²) in [5.41, 5.74) is 3.97. The molecule has 0 bridgehead atoms. The largest absolute Gasteiger partial charge is 0.497 e. The monoisotopic (exact) mass is 465 g/mol. The highest BCUT2D eigenvalue weighted by Gasteiger charge is 2.15. The zero-order chi connectivity index (χ0) is 23.8. The van der Waals surface area contributed by atoms with Crippen molar-refractivity contribution in [2.75, 3.05) is 12.4 Å². The second-order valence-corrected chi connectivity index (χ2v) is 7.13. The Hall–Kier alpha value is -4.17. The summed E-state index contributed by atoms with van der Waals surface area (Å²) in [7, 11) is 1.51. The Labute approximate surface area is 195 Å². The average molecular weight is 466 g/mol. The predicted octanol–water partition coefficient (Wildman–Crippen LogP) is 4.05. The Morgan fingerprint density at radius 3 is 2.27 bits per heavy atom. The molecule has 0 saturated heterocycles. The number of esters is 1. The molecule has 0 radical (unpaired) electrons. The Kier molecular flexibility index (Phi) is 7.77. The van der Waals surface area contributed by atoms with Crippen LogP contribution in [0, 0.1) is 0 Å². The van der Waals surface area contributed by atoms with E-state index in [2.05, 4.69) is 15.8 Å². The SMILES string of the molecule is COc1cccc(C(=O)Oc2ccc(C(C)=NNC(=O)C(=O)Nc3ccccc3Cl)cc2)c1. The molecule has 3 aromatic carbocycles. The number of hydrogen-bond donors (Lipinski definition) is 2. The van der Waals surface area contributed by atoms with E-state index < -0.39 is 17.8 Å². The first-order valence-corrected chi connectivity index (χ1v) is 10.1. The van der Waals surface area contributed by atoms with Gasteiger partial charge >= 0.3 is 17.8 Å². The van der Waals surface area contributed by atoms with Crippen LogP contribution in [0.15, 0.2) is 77.9 Å². The molecular formula is C24H20ClN3O5. The number of ether oxygens (including phenoxy) is 2. The maximum atomic E-state index is 12.3. The molecule has 0 aromatic heterocycles. The van der Waals surface area contributed by atoms with Crippen molar-refractivity contribution >= 4 is 40.8 Å². The van der Waals surface area contributed by atoms with Crippen molar-refractivity contribution in [1.29, 1.82) is 0 Å². The van der Waals surface area contributed by atoms with Crippen LogP contribution >= 0.6 is 11.6 Å². The van der Waals surface area contributed by atoms with Crippen molar-refractivity contribution in [2.24, 2.45) is 5.10 Å². The van der Waals surface area contributed by atoms with E-state index in [0.29, 0.717) is 39.0 Å². The first kappa shape index (κ1) is 23.5. The summed E-state index contributed by atoms with van der Waals surface area (Å²) in [4.78, 5) is 36.3. The second kappa shape index (κ2) is 10.9. The zero-order valence-corrected chi connectivity index (χ0v) is 18.6. The minimum atomic E-state index is -0.946. The number of methoxy groups -OCH3 is 1. The van der Waals surface area contributed by atoms with Gasteiger partial charge in [-0.15, -0.1) is 0 Å². The maximum Gasteiger partial charge on any atom is 0.343 e. The van der Waals surface area contributed by atoms with Gasteiger partial charge in [0.15, 0.2) is 0 Å². The van der Waals surface area contributed by atoms with E-state index in [1.165, 1.54) is 7.11 Å². The molecule has 0 unspecified atom stereocenters. The van der Waals surface area contributed by atoms with E-state index >= 15 is 0 Å². The van der Waals surface area contributed by atoms with Crippen LogP contribution in [0.5, 0.6) is 11.5 Å². The Morgan fingerprint density at radius 1 is 0.848 bits per heavy atom. The molecule has 0 spiro atoms. The van der Waals surface area contributed by atoms with Gasteiger partial charge in [0, 0.05) is 0 Å². The third kappa shape index (κ3) is 6.41. The number of nitrogens with one attached hydrogen (secondary N) is 2. The normalized spacial score (nSPS) is 10.8. The summed E-state index contributed by atoms with van der Waals surface area (Å²) in [6.45, 7) is 1.66. The number of anilines is 1. The number of benzene rings is 3. The van der Waals surface area contributed by atoms with Crippen molar-refractivity contribution in [3.63, 3.8) is 0 Å². The van der Waals surface area contributed by atoms with Crippen molar-refractivity contribution in [1.82, 2.24) is 5.43 Å². The highest BCUT2D eigenvalue weighted by atomic mass is 35.5. The number of nitrogens with zero attached hydrogens (tertiary/aromatic N) is 1. The van der Waals surface area contributed by atoms with Gasteiger partial charge in [0.1, 0.15) is 11.5 Å². The van der Waals surface area contributed by atoms with Crippen molar-refractivity contribution in [3.8, 4) is 11.5 Å². The number of carbonyl (C=O) groups excluding carboxylic acids is 3. The topological polar surface area (TPSA) is 106 Å². The quantitative estimate of drug-likeness (QED) is 0.188. The van der Waals surface area contributed by atoms with Gasteiger partial charge in [-0.25, -0.2) is 10.2 Å². The molecule has 168 valence electrons. The molecule has 8 nitrogen and oxygen atoms in total. The minimum absolute atomic E-state index is 0.311. The molecule has 33 heavy (non-hydrogen) atoms. The summed E-state index contributed by atoms with van der Waals surface area (Å²) in [6, 6.07) is 19.7. The van der Waals surface area contributed by atoms with Crippen LogP contribution in [-0.2, 0) is 9.59 Å². The lowest BCUT2D eigenvalue weighted by Crippen LogP contribution is -2.33. The van der Waals surface area contributed by atoms with E-state index in [1.54, 1.807) is 79.7 Å². The van der Waals surface area contributed by atoms with Gasteiger partial charge in [0.2, 0.25) is 0 Å². The third-order valence-corrected chi connectivity index (χ3v) is 4.77. The van der Waals surface area contributed by atoms with Crippen LogP contribution in [0.3, 0.4) is 0 Å². The molecule has 0 atom stereocenters. The van der Waals surface area contributed by atoms with Crippen LogP contribution < -0.4 is 20.2 Å². The lowest BCUT2D eigenvalue weighted by Gasteiger charge is -2.08. The molecule has 0 aliphatic heterocycles. The molecule has 3 aromatic rings. The van der Waals surface area contributed by atoms with E-state index in [-0.39, 0.29) is 0 Å². The molecule has 3 rings (SSSR count). The highest BCUT2D eigenvalue weighted by molar-refractivity contribution is 6.41. The fourth-order valence-electron chi connectivity index (χ4n) is 2.67. The van der Waals surface area contributed by atoms with E-state index in [1.807, 2.05) is 0 Å². The number of hydrogen-bond acceptors (Lipinski definition) is 6. The van der Waals surface area contributed by atoms with Crippen molar-refractivity contribution in [2.45, 2.75) is 6.92 Å². The third-order valence-electron chi connectivity index (χ3n) is 4.44. The summed E-state index contributed by atoms with van der Waals surface area (Å²) in [5, 5.41) is 6.66. The average Bonchev–Trinajstić information content (AvgIpc) is 2.84. The number of carbonyl (C=O) groups is 3. The van der Waals surface area contributed by atoms with Gasteiger partial charge in [-0.3, -0.25) is 9.59 Å². The van der Waals surface area contributed by atoms with E-state index in [4.69, 9.17) is 21.1 Å². The summed E-state index contributed by atoms with van der Waals surface area (Å²) in [5.74, 6) is -1.49. The molecule has 0 saturated carbocycles. The Morgan fingerprint density at radius 2 is 1.58 bits per heavy atom. The number of amides is 2. The van der Waals surface area contributed by atoms with Gasteiger partial charge in [0.05, 0.1) is 29.1 Å². The van der Waals surface area contributed by atoms with Crippen molar-refractivity contribution in [3.05, 3.63) is 88.9 Å². The summed E-state index contributed by atoms with van der Waals surface area (Å²) in [6.07, 6.45) is 0. The minimum Gasteiger partial charge on any atom is -0.497 e. The zero-order valence-electron chi connectivity index (χ0n) is 17.8. The Bertz CT molecular complexity index is 1210. The first-order chi connectivity index (χ1) is 15.9. The van der Waals surface area contributed by atoms with E-state index in [9.17, 15) is 14.4 Å². The molecule has 0 aliphatic carbocycles. The molecule has 0 fully saturated rings. The van der Waals surface area contributed by atoms with Crippen LogP contribution in [0.1, 0.15) is 22.8 Å². The molecule has 2 amide bonds. The highest BCUT2D eigenvalue weighted by Crippen LogP contribution is 2.20. The molecule has 0 aliphatic rings. The number of halogens is 1. The van der Waals surface area contributed by atoms with Gasteiger partial charge in [-0.1, -0.05) is 29.8 Å². The predicted molar refractivity (Wildman–Crippen MR) is 125 cm³/mol. The van der Waals surface area contributed by atoms with Gasteiger partial charge < -0.3 is 14.8 Å². The second-order valence-electron chi connectivity index (χ2n) is 6.72. The lowest BCUT2D eigenvalue weighted by atomic mass is 10.1. The smallest absolute Gasteiger partial charge is 0.343 e. The van der Waals surface area contributed by atoms with Crippen LogP contribution in [0.4, 0.5) is 5.69 Å². The van der Waals surface area contributed by atoms with Crippen LogP contribution in [-0.4, -0.2) is 30.6 Å². The maximum absolute atomic E-state index is 12.3. The fourth-order valence-corrected chi connectivity index (χ4v) is 2.85. The van der Waals surface area contributed by atoms with Crippen molar-refractivity contribution < 1.29 is 23.9 Å². The Balaban J connectivity index is 1.58. The molecule has 0 heterocycles. The number of hydrazone groups is 1. The van der Waals surface area contributed by atoms with Gasteiger partial charge in [-0.2, -0.15) is 5.10 Å². The van der Waals surface area contributed by atoms with Crippen LogP contribution in [0.2, 0.25) is 5.02 Å².